The van der Waals surface area contributed by atoms with E-state index in [1.165, 1.54) is 16.7 Å². The molecule has 0 radical (unpaired) electrons. The van der Waals surface area contributed by atoms with Gasteiger partial charge in [-0.2, -0.15) is 0 Å². The van der Waals surface area contributed by atoms with E-state index in [-0.39, 0.29) is 5.91 Å². The summed E-state index contributed by atoms with van der Waals surface area (Å²) in [5, 5.41) is 3.12. The summed E-state index contributed by atoms with van der Waals surface area (Å²) >= 11 is 0. The standard InChI is InChI=1S/C21H24N2O/c1-3-14-4-6-15(7-5-14)16-8-9-18-19(10-16)21(24)22-11-17-12-23(2)13-20(17)18/h4-10,17,20H,3,11-13H2,1-2H3,(H,22,24)/t17-,20-/m1/s1. The van der Waals surface area contributed by atoms with E-state index in [1.54, 1.807) is 0 Å². The van der Waals surface area contributed by atoms with Gasteiger partial charge in [0.05, 0.1) is 0 Å². The highest BCUT2D eigenvalue weighted by atomic mass is 16.1. The Balaban J connectivity index is 1.74. The Morgan fingerprint density at radius 1 is 1.08 bits per heavy atom. The van der Waals surface area contributed by atoms with Crippen molar-refractivity contribution in [3.8, 4) is 11.1 Å². The van der Waals surface area contributed by atoms with Crippen LogP contribution in [-0.2, 0) is 6.42 Å². The maximum absolute atomic E-state index is 12.6. The van der Waals surface area contributed by atoms with Crippen LogP contribution in [0.4, 0.5) is 0 Å². The van der Waals surface area contributed by atoms with Crippen molar-refractivity contribution < 1.29 is 4.79 Å². The Morgan fingerprint density at radius 3 is 2.58 bits per heavy atom. The van der Waals surface area contributed by atoms with Gasteiger partial charge in [0.15, 0.2) is 0 Å². The summed E-state index contributed by atoms with van der Waals surface area (Å²) in [5.41, 5.74) is 5.70. The normalized spacial score (nSPS) is 23.3. The summed E-state index contributed by atoms with van der Waals surface area (Å²) in [7, 11) is 2.17. The summed E-state index contributed by atoms with van der Waals surface area (Å²) < 4.78 is 0. The molecule has 1 N–H and O–H groups in total. The number of aryl methyl sites for hydroxylation is 1. The molecule has 4 rings (SSSR count). The third-order valence-corrected chi connectivity index (χ3v) is 5.54. The Labute approximate surface area is 143 Å². The van der Waals surface area contributed by atoms with Crippen molar-refractivity contribution in [3.05, 3.63) is 59.2 Å². The van der Waals surface area contributed by atoms with E-state index in [0.29, 0.717) is 11.8 Å². The van der Waals surface area contributed by atoms with Crippen LogP contribution in [0.3, 0.4) is 0 Å². The molecule has 24 heavy (non-hydrogen) atoms. The van der Waals surface area contributed by atoms with Crippen LogP contribution < -0.4 is 5.32 Å². The number of hydrogen-bond donors (Lipinski definition) is 1. The molecular weight excluding hydrogens is 296 g/mol. The van der Waals surface area contributed by atoms with E-state index in [0.717, 1.165) is 37.2 Å². The van der Waals surface area contributed by atoms with Crippen molar-refractivity contribution in [2.75, 3.05) is 26.7 Å². The molecule has 2 aliphatic heterocycles. The molecule has 0 aliphatic carbocycles. The lowest BCUT2D eigenvalue weighted by Gasteiger charge is -2.17. The van der Waals surface area contributed by atoms with Crippen molar-refractivity contribution in [2.24, 2.45) is 5.92 Å². The van der Waals surface area contributed by atoms with E-state index >= 15 is 0 Å². The van der Waals surface area contributed by atoms with Gasteiger partial charge in [0.25, 0.3) is 5.91 Å². The molecule has 2 atom stereocenters. The first-order valence-electron chi connectivity index (χ1n) is 8.85. The SMILES string of the molecule is CCc1ccc(-c2ccc3c(c2)C(=O)NC[C@@H]2CN(C)C[C@@H]32)cc1. The van der Waals surface area contributed by atoms with Crippen molar-refractivity contribution in [3.63, 3.8) is 0 Å². The zero-order valence-electron chi connectivity index (χ0n) is 14.4. The Bertz CT molecular complexity index is 766. The highest BCUT2D eigenvalue weighted by molar-refractivity contribution is 5.97. The van der Waals surface area contributed by atoms with Gasteiger partial charge in [-0.25, -0.2) is 0 Å². The number of nitrogens with one attached hydrogen (secondary N) is 1. The quantitative estimate of drug-likeness (QED) is 0.921. The van der Waals surface area contributed by atoms with Crippen LogP contribution >= 0.6 is 0 Å². The van der Waals surface area contributed by atoms with E-state index < -0.39 is 0 Å². The van der Waals surface area contributed by atoms with Crippen LogP contribution in [0.2, 0.25) is 0 Å². The fourth-order valence-electron chi connectivity index (χ4n) is 4.15. The molecule has 1 saturated heterocycles. The maximum atomic E-state index is 12.6. The van der Waals surface area contributed by atoms with Crippen LogP contribution in [0.25, 0.3) is 11.1 Å². The number of benzene rings is 2. The number of likely N-dealkylation sites (tertiary alicyclic amines) is 1. The fraction of sp³-hybridized carbons (Fsp3) is 0.381. The van der Waals surface area contributed by atoms with E-state index in [1.807, 2.05) is 0 Å². The number of fused-ring (bicyclic) bond motifs is 3. The van der Waals surface area contributed by atoms with Gasteiger partial charge in [0, 0.05) is 31.1 Å². The number of likely N-dealkylation sites (N-methyl/N-ethyl adjacent to an activating group) is 1. The second-order valence-electron chi connectivity index (χ2n) is 7.15. The second-order valence-corrected chi connectivity index (χ2v) is 7.15. The number of hydrogen-bond acceptors (Lipinski definition) is 2. The molecule has 3 nitrogen and oxygen atoms in total. The molecule has 0 aromatic heterocycles. The molecule has 2 aromatic carbocycles. The third kappa shape index (κ3) is 2.63. The van der Waals surface area contributed by atoms with Crippen molar-refractivity contribution in [1.29, 1.82) is 0 Å². The van der Waals surface area contributed by atoms with Crippen LogP contribution in [0.5, 0.6) is 0 Å². The third-order valence-electron chi connectivity index (χ3n) is 5.54. The molecule has 124 valence electrons. The number of amides is 1. The van der Waals surface area contributed by atoms with Crippen LogP contribution in [0, 0.1) is 5.92 Å². The summed E-state index contributed by atoms with van der Waals surface area (Å²) in [4.78, 5) is 14.9. The monoisotopic (exact) mass is 320 g/mol. The molecule has 3 heteroatoms. The van der Waals surface area contributed by atoms with Gasteiger partial charge in [-0.3, -0.25) is 4.79 Å². The van der Waals surface area contributed by atoms with E-state index in [9.17, 15) is 4.79 Å². The minimum absolute atomic E-state index is 0.0779. The summed E-state index contributed by atoms with van der Waals surface area (Å²) in [5.74, 6) is 1.06. The van der Waals surface area contributed by atoms with Crippen molar-refractivity contribution in [1.82, 2.24) is 10.2 Å². The van der Waals surface area contributed by atoms with Gasteiger partial charge in [-0.05, 0) is 47.7 Å². The molecule has 0 saturated carbocycles. The van der Waals surface area contributed by atoms with Crippen LogP contribution in [-0.4, -0.2) is 37.5 Å². The lowest BCUT2D eigenvalue weighted by Crippen LogP contribution is -2.29. The second kappa shape index (κ2) is 6.06. The predicted molar refractivity (Wildman–Crippen MR) is 97.3 cm³/mol. The van der Waals surface area contributed by atoms with E-state index in [2.05, 4.69) is 66.7 Å². The molecule has 0 bridgehead atoms. The highest BCUT2D eigenvalue weighted by Gasteiger charge is 2.36. The van der Waals surface area contributed by atoms with Gasteiger partial charge in [-0.1, -0.05) is 43.3 Å². The minimum Gasteiger partial charge on any atom is -0.352 e. The van der Waals surface area contributed by atoms with Gasteiger partial charge in [-0.15, -0.1) is 0 Å². The maximum Gasteiger partial charge on any atom is 0.251 e. The number of carbonyl (C=O) groups excluding carboxylic acids is 1. The molecule has 0 unspecified atom stereocenters. The van der Waals surface area contributed by atoms with Gasteiger partial charge in [0.2, 0.25) is 0 Å². The van der Waals surface area contributed by atoms with Crippen molar-refractivity contribution >= 4 is 5.91 Å². The van der Waals surface area contributed by atoms with Crippen LogP contribution in [0.15, 0.2) is 42.5 Å². The minimum atomic E-state index is 0.0779. The molecule has 1 fully saturated rings. The highest BCUT2D eigenvalue weighted by Crippen LogP contribution is 2.37. The number of carbonyl (C=O) groups is 1. The average molecular weight is 320 g/mol. The lowest BCUT2D eigenvalue weighted by atomic mass is 9.86. The zero-order chi connectivity index (χ0) is 16.7. The predicted octanol–water partition coefficient (Wildman–Crippen LogP) is 3.30. The molecule has 1 amide bonds. The van der Waals surface area contributed by atoms with Crippen molar-refractivity contribution in [2.45, 2.75) is 19.3 Å². The Kier molecular flexibility index (Phi) is 3.89. The van der Waals surface area contributed by atoms with Gasteiger partial charge in [0.1, 0.15) is 0 Å². The Hall–Kier alpha value is -2.13. The van der Waals surface area contributed by atoms with Crippen LogP contribution in [0.1, 0.15) is 34.3 Å². The first-order chi connectivity index (χ1) is 11.7. The zero-order valence-corrected chi connectivity index (χ0v) is 14.4. The van der Waals surface area contributed by atoms with E-state index in [4.69, 9.17) is 0 Å². The largest absolute Gasteiger partial charge is 0.352 e. The number of rotatable bonds is 2. The molecular formula is C21H24N2O. The lowest BCUT2D eigenvalue weighted by molar-refractivity contribution is 0.0951. The molecule has 2 aliphatic rings. The van der Waals surface area contributed by atoms with Gasteiger partial charge >= 0.3 is 0 Å². The first kappa shape index (κ1) is 15.4. The Morgan fingerprint density at radius 2 is 1.83 bits per heavy atom. The van der Waals surface area contributed by atoms with Gasteiger partial charge < -0.3 is 10.2 Å². The average Bonchev–Trinajstić information content (AvgIpc) is 2.94. The smallest absolute Gasteiger partial charge is 0.251 e. The molecule has 2 aromatic rings. The fourth-order valence-corrected chi connectivity index (χ4v) is 4.15. The molecule has 0 spiro atoms. The summed E-state index contributed by atoms with van der Waals surface area (Å²) in [6, 6.07) is 15.1. The first-order valence-corrected chi connectivity index (χ1v) is 8.85. The number of nitrogens with zero attached hydrogens (tertiary/aromatic N) is 1. The summed E-state index contributed by atoms with van der Waals surface area (Å²) in [6.45, 7) is 5.04. The molecule has 2 heterocycles. The summed E-state index contributed by atoms with van der Waals surface area (Å²) in [6.07, 6.45) is 1.05. The topological polar surface area (TPSA) is 32.3 Å².